The van der Waals surface area contributed by atoms with Crippen LogP contribution in [0.4, 0.5) is 11.5 Å². The number of aromatic nitrogens is 3. The van der Waals surface area contributed by atoms with Crippen LogP contribution in [0.2, 0.25) is 10.0 Å². The molecule has 7 nitrogen and oxygen atoms in total. The Kier molecular flexibility index (Phi) is 7.35. The van der Waals surface area contributed by atoms with Crippen LogP contribution >= 0.6 is 53.5 Å². The van der Waals surface area contributed by atoms with Gasteiger partial charge in [-0.25, -0.2) is 9.97 Å². The third-order valence-corrected chi connectivity index (χ3v) is 7.61. The van der Waals surface area contributed by atoms with E-state index < -0.39 is 0 Å². The molecule has 0 aliphatic carbocycles. The molecule has 1 aliphatic rings. The van der Waals surface area contributed by atoms with Crippen molar-refractivity contribution in [1.29, 1.82) is 0 Å². The van der Waals surface area contributed by atoms with E-state index in [1.165, 1.54) is 0 Å². The summed E-state index contributed by atoms with van der Waals surface area (Å²) in [5.74, 6) is 0.836. The van der Waals surface area contributed by atoms with Crippen molar-refractivity contribution in [3.8, 4) is 0 Å². The van der Waals surface area contributed by atoms with E-state index in [9.17, 15) is 4.79 Å². The molecule has 4 rings (SSSR count). The zero-order valence-electron chi connectivity index (χ0n) is 16.7. The maximum absolute atomic E-state index is 12.9. The molecular formula is C20H21Cl2IN6OS. The Morgan fingerprint density at radius 1 is 1.29 bits per heavy atom. The van der Waals surface area contributed by atoms with Gasteiger partial charge in [0, 0.05) is 70.9 Å². The highest BCUT2D eigenvalue weighted by Gasteiger charge is 2.31. The fraction of sp³-hybridized carbons (Fsp3) is 0.350. The van der Waals surface area contributed by atoms with Crippen molar-refractivity contribution >= 4 is 82.0 Å². The van der Waals surface area contributed by atoms with Gasteiger partial charge in [-0.1, -0.05) is 23.2 Å². The minimum atomic E-state index is 0.0250. The van der Waals surface area contributed by atoms with Crippen LogP contribution in [0.5, 0.6) is 0 Å². The highest BCUT2D eigenvalue weighted by atomic mass is 127. The summed E-state index contributed by atoms with van der Waals surface area (Å²) in [6.45, 7) is 2.99. The number of carbonyl (C=O) groups is 1. The van der Waals surface area contributed by atoms with Crippen LogP contribution < -0.4 is 10.6 Å². The topological polar surface area (TPSA) is 75.1 Å². The minimum absolute atomic E-state index is 0.0250. The highest BCUT2D eigenvalue weighted by Crippen LogP contribution is 2.29. The number of hydrogen-bond donors (Lipinski definition) is 2. The van der Waals surface area contributed by atoms with E-state index in [0.717, 1.165) is 41.9 Å². The molecule has 2 atom stereocenters. The van der Waals surface area contributed by atoms with Gasteiger partial charge in [-0.2, -0.15) is 0 Å². The Balaban J connectivity index is 1.43. The molecule has 1 saturated heterocycles. The molecule has 1 fully saturated rings. The Bertz CT molecular complexity index is 1080. The number of rotatable bonds is 6. The van der Waals surface area contributed by atoms with Crippen LogP contribution in [-0.2, 0) is 4.79 Å². The lowest BCUT2D eigenvalue weighted by Gasteiger charge is -2.40. The highest BCUT2D eigenvalue weighted by molar-refractivity contribution is 14.2. The number of carbonyl (C=O) groups excluding carboxylic acids is 1. The third kappa shape index (κ3) is 5.15. The largest absolute Gasteiger partial charge is 0.376 e. The molecule has 0 bridgehead atoms. The van der Waals surface area contributed by atoms with Crippen molar-refractivity contribution in [3.05, 3.63) is 46.8 Å². The van der Waals surface area contributed by atoms with Gasteiger partial charge < -0.3 is 15.5 Å². The zero-order valence-corrected chi connectivity index (χ0v) is 21.2. The molecule has 1 aromatic carbocycles. The summed E-state index contributed by atoms with van der Waals surface area (Å²) in [5, 5.41) is 8.73. The Morgan fingerprint density at radius 2 is 2.06 bits per heavy atom. The lowest BCUT2D eigenvalue weighted by atomic mass is 9.97. The van der Waals surface area contributed by atoms with Gasteiger partial charge in [0.2, 0.25) is 5.91 Å². The number of nitrogens with one attached hydrogen (secondary N) is 2. The van der Waals surface area contributed by atoms with E-state index in [-0.39, 0.29) is 24.5 Å². The van der Waals surface area contributed by atoms with Crippen molar-refractivity contribution in [1.82, 2.24) is 18.8 Å². The van der Waals surface area contributed by atoms with Crippen molar-refractivity contribution in [2.45, 2.75) is 31.8 Å². The van der Waals surface area contributed by atoms with Crippen molar-refractivity contribution < 1.29 is 4.79 Å². The first-order valence-corrected chi connectivity index (χ1v) is 13.9. The number of fused-ring (bicyclic) bond motifs is 1. The van der Waals surface area contributed by atoms with Gasteiger partial charge in [0.1, 0.15) is 12.1 Å². The Hall–Kier alpha value is -1.43. The number of amides is 1. The second-order valence-corrected chi connectivity index (χ2v) is 9.99. The van der Waals surface area contributed by atoms with Crippen LogP contribution in [0.15, 0.2) is 36.8 Å². The molecule has 31 heavy (non-hydrogen) atoms. The molecule has 3 aromatic rings. The number of piperidine rings is 1. The zero-order chi connectivity index (χ0) is 22.0. The normalized spacial score (nSPS) is 18.9. The monoisotopic (exact) mass is 590 g/mol. The maximum Gasteiger partial charge on any atom is 0.242 e. The predicted molar refractivity (Wildman–Crippen MR) is 137 cm³/mol. The molecule has 164 valence electrons. The SMILES string of the molecule is CC1C(Nc2ncnc3c2ccn3SI)CCCN1C(=O)CNc1cc(Cl)cc(Cl)c1. The lowest BCUT2D eigenvalue weighted by Crippen LogP contribution is -2.53. The summed E-state index contributed by atoms with van der Waals surface area (Å²) in [6, 6.07) is 7.32. The first kappa shape index (κ1) is 22.8. The molecule has 2 aromatic heterocycles. The number of likely N-dealkylation sites (tertiary alicyclic amines) is 1. The van der Waals surface area contributed by atoms with Crippen molar-refractivity contribution in [2.24, 2.45) is 0 Å². The Morgan fingerprint density at radius 3 is 2.81 bits per heavy atom. The molecule has 3 heterocycles. The van der Waals surface area contributed by atoms with Crippen LogP contribution in [0, 0.1) is 0 Å². The molecule has 1 aliphatic heterocycles. The van der Waals surface area contributed by atoms with Gasteiger partial charge in [-0.3, -0.25) is 8.77 Å². The molecular weight excluding hydrogens is 570 g/mol. The van der Waals surface area contributed by atoms with Crippen molar-refractivity contribution in [2.75, 3.05) is 23.7 Å². The van der Waals surface area contributed by atoms with Gasteiger partial charge >= 0.3 is 0 Å². The van der Waals surface area contributed by atoms with Crippen LogP contribution in [-0.4, -0.2) is 49.9 Å². The summed E-state index contributed by atoms with van der Waals surface area (Å²) in [5.41, 5.74) is 1.60. The summed E-state index contributed by atoms with van der Waals surface area (Å²) >= 11 is 14.3. The molecule has 0 spiro atoms. The average molecular weight is 591 g/mol. The fourth-order valence-electron chi connectivity index (χ4n) is 3.90. The van der Waals surface area contributed by atoms with E-state index >= 15 is 0 Å². The quantitative estimate of drug-likeness (QED) is 0.370. The minimum Gasteiger partial charge on any atom is -0.376 e. The number of nitrogens with zero attached hydrogens (tertiary/aromatic N) is 4. The van der Waals surface area contributed by atoms with Gasteiger partial charge in [0.15, 0.2) is 5.65 Å². The van der Waals surface area contributed by atoms with Crippen LogP contribution in [0.1, 0.15) is 19.8 Å². The van der Waals surface area contributed by atoms with Gasteiger partial charge in [0.05, 0.1) is 11.9 Å². The summed E-state index contributed by atoms with van der Waals surface area (Å²) in [6.07, 6.45) is 5.45. The summed E-state index contributed by atoms with van der Waals surface area (Å²) < 4.78 is 2.00. The van der Waals surface area contributed by atoms with E-state index in [0.29, 0.717) is 10.0 Å². The van der Waals surface area contributed by atoms with E-state index in [4.69, 9.17) is 23.2 Å². The fourth-order valence-corrected chi connectivity index (χ4v) is 5.70. The molecule has 11 heteroatoms. The first-order chi connectivity index (χ1) is 15.0. The van der Waals surface area contributed by atoms with Gasteiger partial charge in [0.25, 0.3) is 0 Å². The second kappa shape index (κ2) is 10.0. The third-order valence-electron chi connectivity index (χ3n) is 5.46. The molecule has 0 radical (unpaired) electrons. The van der Waals surface area contributed by atoms with Gasteiger partial charge in [-0.05, 0) is 44.0 Å². The number of halogens is 3. The van der Waals surface area contributed by atoms with Crippen LogP contribution in [0.3, 0.4) is 0 Å². The van der Waals surface area contributed by atoms with Crippen molar-refractivity contribution in [3.63, 3.8) is 0 Å². The van der Waals surface area contributed by atoms with Gasteiger partial charge in [-0.15, -0.1) is 0 Å². The number of benzene rings is 1. The summed E-state index contributed by atoms with van der Waals surface area (Å²) in [7, 11) is 1.56. The first-order valence-electron chi connectivity index (χ1n) is 9.83. The number of anilines is 2. The van der Waals surface area contributed by atoms with E-state index in [1.807, 2.05) is 21.1 Å². The molecule has 2 N–H and O–H groups in total. The predicted octanol–water partition coefficient (Wildman–Crippen LogP) is 5.49. The maximum atomic E-state index is 12.9. The summed E-state index contributed by atoms with van der Waals surface area (Å²) in [4.78, 5) is 23.7. The van der Waals surface area contributed by atoms with E-state index in [1.54, 1.807) is 33.6 Å². The smallest absolute Gasteiger partial charge is 0.242 e. The molecule has 1 amide bonds. The second-order valence-electron chi connectivity index (χ2n) is 7.40. The lowest BCUT2D eigenvalue weighted by molar-refractivity contribution is -0.132. The Labute approximate surface area is 207 Å². The molecule has 0 saturated carbocycles. The van der Waals surface area contributed by atoms with E-state index in [2.05, 4.69) is 48.7 Å². The number of hydrogen-bond acceptors (Lipinski definition) is 6. The molecule has 2 unspecified atom stereocenters. The van der Waals surface area contributed by atoms with Crippen LogP contribution in [0.25, 0.3) is 11.0 Å². The standard InChI is InChI=1S/C20H21Cl2IN6OS/c1-12-17(27-19-16-4-6-29(31-23)20(16)26-11-25-19)3-2-5-28(12)18(30)10-24-15-8-13(21)7-14(22)9-15/h4,6-9,11-12,17,24H,2-3,5,10H2,1H3,(H,25,26,27). The average Bonchev–Trinajstić information content (AvgIpc) is 3.17.